The minimum absolute atomic E-state index is 0.274. The maximum atomic E-state index is 12.9. The van der Waals surface area contributed by atoms with Crippen LogP contribution >= 0.6 is 0 Å². The minimum atomic E-state index is -0.789. The van der Waals surface area contributed by atoms with Crippen molar-refractivity contribution in [1.29, 1.82) is 0 Å². The molecule has 2 fully saturated rings. The number of carbonyl (C=O) groups is 4. The molecule has 0 unspecified atom stereocenters. The molecule has 1 spiro atoms. The maximum Gasteiger partial charge on any atom is 0.330 e. The van der Waals surface area contributed by atoms with Gasteiger partial charge in [0.15, 0.2) is 0 Å². The first kappa shape index (κ1) is 21.5. The highest BCUT2D eigenvalue weighted by atomic mass is 16.5. The van der Waals surface area contributed by atoms with E-state index >= 15 is 0 Å². The zero-order valence-electron chi connectivity index (χ0n) is 17.3. The van der Waals surface area contributed by atoms with Gasteiger partial charge in [0.25, 0.3) is 5.91 Å². The molecule has 1 aromatic rings. The third-order valence-electron chi connectivity index (χ3n) is 5.68. The largest absolute Gasteiger partial charge is 0.463 e. The van der Waals surface area contributed by atoms with Gasteiger partial charge >= 0.3 is 12.0 Å². The molecule has 0 radical (unpaired) electrons. The van der Waals surface area contributed by atoms with Crippen molar-refractivity contribution >= 4 is 35.6 Å². The second kappa shape index (κ2) is 9.11. The number of rotatable bonds is 6. The second-order valence-electron chi connectivity index (χ2n) is 7.58. The van der Waals surface area contributed by atoms with Crippen LogP contribution < -0.4 is 5.32 Å². The van der Waals surface area contributed by atoms with Gasteiger partial charge in [-0.25, -0.2) is 9.59 Å². The first-order valence-electron chi connectivity index (χ1n) is 10.2. The summed E-state index contributed by atoms with van der Waals surface area (Å²) in [6.45, 7) is 1.74. The van der Waals surface area contributed by atoms with Gasteiger partial charge < -0.3 is 15.0 Å². The number of ether oxygens (including phenoxy) is 1. The predicted molar refractivity (Wildman–Crippen MR) is 111 cm³/mol. The standard InChI is InChI=1S/C22H27N3O5/c1-3-30-19(27)12-9-16-7-10-17(11-8-16)23-18(26)15-25-20(28)22(24(2)21(25)29)13-5-4-6-14-22/h7-12H,3-6,13-15H2,1-2H3,(H,23,26)/b12-9+. The van der Waals surface area contributed by atoms with E-state index in [0.29, 0.717) is 25.1 Å². The van der Waals surface area contributed by atoms with Crippen LogP contribution in [-0.4, -0.2) is 59.4 Å². The Kier molecular flexibility index (Phi) is 6.54. The summed E-state index contributed by atoms with van der Waals surface area (Å²) in [5.74, 6) is -1.13. The highest BCUT2D eigenvalue weighted by molar-refractivity contribution is 6.10. The van der Waals surface area contributed by atoms with Crippen LogP contribution in [0.15, 0.2) is 30.3 Å². The number of anilines is 1. The van der Waals surface area contributed by atoms with E-state index in [0.717, 1.165) is 29.7 Å². The lowest BCUT2D eigenvalue weighted by Crippen LogP contribution is -2.49. The van der Waals surface area contributed by atoms with E-state index in [1.54, 1.807) is 44.3 Å². The number of hydrogen-bond donors (Lipinski definition) is 1. The first-order valence-corrected chi connectivity index (χ1v) is 10.2. The van der Waals surface area contributed by atoms with Gasteiger partial charge in [0.2, 0.25) is 5.91 Å². The number of imide groups is 1. The topological polar surface area (TPSA) is 96.0 Å². The lowest BCUT2D eigenvalue weighted by Gasteiger charge is -2.35. The summed E-state index contributed by atoms with van der Waals surface area (Å²) in [5.41, 5.74) is 0.516. The third kappa shape index (κ3) is 4.37. The van der Waals surface area contributed by atoms with Crippen molar-refractivity contribution in [3.63, 3.8) is 0 Å². The molecule has 1 aliphatic heterocycles. The Balaban J connectivity index is 1.59. The Labute approximate surface area is 175 Å². The van der Waals surface area contributed by atoms with E-state index in [4.69, 9.17) is 4.74 Å². The van der Waals surface area contributed by atoms with E-state index in [1.165, 1.54) is 11.0 Å². The molecule has 1 aromatic carbocycles. The van der Waals surface area contributed by atoms with Crippen molar-refractivity contribution in [2.24, 2.45) is 0 Å². The van der Waals surface area contributed by atoms with Crippen molar-refractivity contribution in [2.45, 2.75) is 44.6 Å². The number of likely N-dealkylation sites (N-methyl/N-ethyl adjacent to an activating group) is 1. The number of hydrogen-bond acceptors (Lipinski definition) is 5. The SMILES string of the molecule is CCOC(=O)/C=C/c1ccc(NC(=O)CN2C(=O)N(C)C3(CCCCC3)C2=O)cc1. The molecule has 30 heavy (non-hydrogen) atoms. The molecule has 2 aliphatic rings. The van der Waals surface area contributed by atoms with Crippen LogP contribution in [0, 0.1) is 0 Å². The third-order valence-corrected chi connectivity index (χ3v) is 5.68. The van der Waals surface area contributed by atoms with E-state index in [1.807, 2.05) is 0 Å². The predicted octanol–water partition coefficient (Wildman–Crippen LogP) is 2.80. The molecular weight excluding hydrogens is 386 g/mol. The van der Waals surface area contributed by atoms with Crippen LogP contribution in [0.5, 0.6) is 0 Å². The summed E-state index contributed by atoms with van der Waals surface area (Å²) >= 11 is 0. The van der Waals surface area contributed by atoms with Crippen molar-refractivity contribution in [3.05, 3.63) is 35.9 Å². The summed E-state index contributed by atoms with van der Waals surface area (Å²) < 4.78 is 4.82. The maximum absolute atomic E-state index is 12.9. The number of benzene rings is 1. The molecule has 160 valence electrons. The van der Waals surface area contributed by atoms with Gasteiger partial charge in [-0.3, -0.25) is 14.5 Å². The Morgan fingerprint density at radius 2 is 1.80 bits per heavy atom. The number of esters is 1. The zero-order valence-corrected chi connectivity index (χ0v) is 17.3. The van der Waals surface area contributed by atoms with Crippen LogP contribution in [0.4, 0.5) is 10.5 Å². The Morgan fingerprint density at radius 3 is 2.43 bits per heavy atom. The fourth-order valence-electron chi connectivity index (χ4n) is 4.05. The van der Waals surface area contributed by atoms with Crippen molar-refractivity contribution in [3.8, 4) is 0 Å². The lowest BCUT2D eigenvalue weighted by atomic mass is 9.81. The number of nitrogens with zero attached hydrogens (tertiary/aromatic N) is 2. The number of amides is 4. The van der Waals surface area contributed by atoms with E-state index < -0.39 is 23.4 Å². The molecule has 0 bridgehead atoms. The van der Waals surface area contributed by atoms with Crippen LogP contribution in [0.3, 0.4) is 0 Å². The van der Waals surface area contributed by atoms with Gasteiger partial charge in [-0.15, -0.1) is 0 Å². The van der Waals surface area contributed by atoms with E-state index in [2.05, 4.69) is 5.32 Å². The zero-order chi connectivity index (χ0) is 21.7. The monoisotopic (exact) mass is 413 g/mol. The molecule has 1 aliphatic carbocycles. The molecular formula is C22H27N3O5. The Bertz CT molecular complexity index is 856. The molecule has 3 rings (SSSR count). The lowest BCUT2D eigenvalue weighted by molar-refractivity contribution is -0.137. The normalized spacial score (nSPS) is 18.3. The van der Waals surface area contributed by atoms with Gasteiger partial charge in [0.05, 0.1) is 6.61 Å². The number of urea groups is 1. The average Bonchev–Trinajstić information content (AvgIpc) is 2.90. The molecule has 1 heterocycles. The van der Waals surface area contributed by atoms with Gasteiger partial charge in [0.1, 0.15) is 12.1 Å². The Hall–Kier alpha value is -3.16. The summed E-state index contributed by atoms with van der Waals surface area (Å²) in [7, 11) is 1.64. The molecule has 8 nitrogen and oxygen atoms in total. The van der Waals surface area contributed by atoms with Gasteiger partial charge in [0, 0.05) is 18.8 Å². The first-order chi connectivity index (χ1) is 14.4. The molecule has 1 N–H and O–H groups in total. The molecule has 0 aromatic heterocycles. The summed E-state index contributed by atoms with van der Waals surface area (Å²) in [5, 5.41) is 2.71. The van der Waals surface area contributed by atoms with Crippen LogP contribution in [0.1, 0.15) is 44.6 Å². The van der Waals surface area contributed by atoms with Crippen molar-refractivity contribution in [2.75, 3.05) is 25.5 Å². The Morgan fingerprint density at radius 1 is 1.13 bits per heavy atom. The summed E-state index contributed by atoms with van der Waals surface area (Å²) in [6.07, 6.45) is 7.10. The molecule has 1 saturated carbocycles. The van der Waals surface area contributed by atoms with Crippen LogP contribution in [0.2, 0.25) is 0 Å². The fourth-order valence-corrected chi connectivity index (χ4v) is 4.05. The van der Waals surface area contributed by atoms with E-state index in [-0.39, 0.29) is 12.5 Å². The average molecular weight is 413 g/mol. The van der Waals surface area contributed by atoms with Crippen LogP contribution in [0.25, 0.3) is 6.08 Å². The smallest absolute Gasteiger partial charge is 0.330 e. The summed E-state index contributed by atoms with van der Waals surface area (Å²) in [4.78, 5) is 51.9. The minimum Gasteiger partial charge on any atom is -0.463 e. The molecule has 4 amide bonds. The van der Waals surface area contributed by atoms with Crippen LogP contribution in [-0.2, 0) is 19.1 Å². The van der Waals surface area contributed by atoms with Crippen molar-refractivity contribution < 1.29 is 23.9 Å². The molecule has 0 atom stereocenters. The van der Waals surface area contributed by atoms with E-state index in [9.17, 15) is 19.2 Å². The molecule has 8 heteroatoms. The summed E-state index contributed by atoms with van der Waals surface area (Å²) in [6, 6.07) is 6.43. The quantitative estimate of drug-likeness (QED) is 0.440. The number of carbonyl (C=O) groups excluding carboxylic acids is 4. The fraction of sp³-hybridized carbons (Fsp3) is 0.455. The molecule has 1 saturated heterocycles. The highest BCUT2D eigenvalue weighted by Crippen LogP contribution is 2.39. The van der Waals surface area contributed by atoms with Gasteiger partial charge in [-0.05, 0) is 43.5 Å². The number of nitrogens with one attached hydrogen (secondary N) is 1. The van der Waals surface area contributed by atoms with Gasteiger partial charge in [-0.1, -0.05) is 31.4 Å². The highest BCUT2D eigenvalue weighted by Gasteiger charge is 2.55. The van der Waals surface area contributed by atoms with Gasteiger partial charge in [-0.2, -0.15) is 0 Å². The van der Waals surface area contributed by atoms with Crippen molar-refractivity contribution in [1.82, 2.24) is 9.80 Å². The second-order valence-corrected chi connectivity index (χ2v) is 7.58.